The highest BCUT2D eigenvalue weighted by molar-refractivity contribution is 6.02. The van der Waals surface area contributed by atoms with Crippen molar-refractivity contribution in [2.75, 3.05) is 5.32 Å². The molecule has 3 aromatic heterocycles. The van der Waals surface area contributed by atoms with Crippen LogP contribution in [0.4, 0.5) is 10.2 Å². The molecule has 0 bridgehead atoms. The number of anilines is 1. The second-order valence-electron chi connectivity index (χ2n) is 6.15. The lowest BCUT2D eigenvalue weighted by molar-refractivity contribution is 0.102. The summed E-state index contributed by atoms with van der Waals surface area (Å²) in [7, 11) is 0. The fourth-order valence-electron chi connectivity index (χ4n) is 2.73. The number of amides is 1. The quantitative estimate of drug-likeness (QED) is 0.561. The molecule has 4 aromatic rings. The predicted molar refractivity (Wildman–Crippen MR) is 102 cm³/mol. The molecule has 0 atom stereocenters. The maximum Gasteiger partial charge on any atom is 0.277 e. The van der Waals surface area contributed by atoms with Crippen molar-refractivity contribution in [3.8, 4) is 5.69 Å². The van der Waals surface area contributed by atoms with Gasteiger partial charge in [-0.2, -0.15) is 10.2 Å². The molecule has 4 rings (SSSR count). The van der Waals surface area contributed by atoms with Gasteiger partial charge in [-0.1, -0.05) is 6.07 Å². The van der Waals surface area contributed by atoms with Gasteiger partial charge in [0.25, 0.3) is 5.91 Å². The summed E-state index contributed by atoms with van der Waals surface area (Å²) >= 11 is 0. The number of aryl methyl sites for hydroxylation is 2. The van der Waals surface area contributed by atoms with E-state index in [9.17, 15) is 9.18 Å². The first-order valence-electron chi connectivity index (χ1n) is 8.73. The SMILES string of the molecule is O=C(Nc1ccn(CCc2ccncc2)n1)c1ccn(-c2cccc(F)c2)n1. The molecule has 140 valence electrons. The van der Waals surface area contributed by atoms with Crippen LogP contribution >= 0.6 is 0 Å². The number of halogens is 1. The predicted octanol–water partition coefficient (Wildman–Crippen LogP) is 3.10. The Hall–Kier alpha value is -3.81. The second kappa shape index (κ2) is 7.83. The molecular formula is C20H17FN6O. The summed E-state index contributed by atoms with van der Waals surface area (Å²) in [5, 5.41) is 11.3. The highest BCUT2D eigenvalue weighted by Crippen LogP contribution is 2.11. The minimum Gasteiger partial charge on any atom is -0.304 e. The van der Waals surface area contributed by atoms with Gasteiger partial charge in [0, 0.05) is 37.4 Å². The van der Waals surface area contributed by atoms with Crippen LogP contribution in [0, 0.1) is 5.82 Å². The van der Waals surface area contributed by atoms with Crippen molar-refractivity contribution >= 4 is 11.7 Å². The normalized spacial score (nSPS) is 10.8. The van der Waals surface area contributed by atoms with E-state index in [0.29, 0.717) is 18.1 Å². The summed E-state index contributed by atoms with van der Waals surface area (Å²) in [5.74, 6) is -0.300. The summed E-state index contributed by atoms with van der Waals surface area (Å²) in [6.45, 7) is 0.689. The largest absolute Gasteiger partial charge is 0.304 e. The van der Waals surface area contributed by atoms with Gasteiger partial charge in [-0.05, 0) is 48.4 Å². The third-order valence-corrected chi connectivity index (χ3v) is 4.16. The van der Waals surface area contributed by atoms with E-state index in [0.717, 1.165) is 6.42 Å². The van der Waals surface area contributed by atoms with E-state index in [1.807, 2.05) is 18.3 Å². The van der Waals surface area contributed by atoms with Gasteiger partial charge in [0.15, 0.2) is 11.5 Å². The Bertz CT molecular complexity index is 1090. The second-order valence-corrected chi connectivity index (χ2v) is 6.15. The van der Waals surface area contributed by atoms with Gasteiger partial charge in [0.2, 0.25) is 0 Å². The van der Waals surface area contributed by atoms with Crippen molar-refractivity contribution in [3.63, 3.8) is 0 Å². The van der Waals surface area contributed by atoms with Crippen molar-refractivity contribution in [1.29, 1.82) is 0 Å². The number of rotatable bonds is 6. The van der Waals surface area contributed by atoms with E-state index in [1.165, 1.54) is 22.4 Å². The maximum atomic E-state index is 13.3. The van der Waals surface area contributed by atoms with E-state index >= 15 is 0 Å². The van der Waals surface area contributed by atoms with Crippen LogP contribution in [0.15, 0.2) is 73.3 Å². The van der Waals surface area contributed by atoms with Crippen LogP contribution in [0.1, 0.15) is 16.1 Å². The third kappa shape index (κ3) is 4.12. The van der Waals surface area contributed by atoms with Crippen LogP contribution in [0.3, 0.4) is 0 Å². The van der Waals surface area contributed by atoms with Gasteiger partial charge in [0.1, 0.15) is 5.82 Å². The van der Waals surface area contributed by atoms with Crippen molar-refractivity contribution in [1.82, 2.24) is 24.5 Å². The van der Waals surface area contributed by atoms with Gasteiger partial charge < -0.3 is 5.32 Å². The number of nitrogens with one attached hydrogen (secondary N) is 1. The van der Waals surface area contributed by atoms with Crippen LogP contribution in [0.5, 0.6) is 0 Å². The minimum absolute atomic E-state index is 0.218. The molecule has 0 spiro atoms. The van der Waals surface area contributed by atoms with E-state index in [2.05, 4.69) is 20.5 Å². The van der Waals surface area contributed by atoms with Gasteiger partial charge >= 0.3 is 0 Å². The van der Waals surface area contributed by atoms with Gasteiger partial charge in [0.05, 0.1) is 5.69 Å². The van der Waals surface area contributed by atoms with E-state index in [4.69, 9.17) is 0 Å². The Kier molecular flexibility index (Phi) is 4.92. The molecule has 0 saturated carbocycles. The number of carbonyl (C=O) groups excluding carboxylic acids is 1. The topological polar surface area (TPSA) is 77.6 Å². The molecule has 3 heterocycles. The summed E-state index contributed by atoms with van der Waals surface area (Å²) in [6, 6.07) is 13.2. The molecule has 0 aliphatic heterocycles. The zero-order valence-corrected chi connectivity index (χ0v) is 14.9. The van der Waals surface area contributed by atoms with E-state index in [1.54, 1.807) is 47.5 Å². The molecule has 1 aromatic carbocycles. The minimum atomic E-state index is -0.380. The number of hydrogen-bond donors (Lipinski definition) is 1. The molecule has 0 radical (unpaired) electrons. The first-order chi connectivity index (χ1) is 13.7. The van der Waals surface area contributed by atoms with Crippen LogP contribution in [-0.2, 0) is 13.0 Å². The van der Waals surface area contributed by atoms with Crippen molar-refractivity contribution in [2.24, 2.45) is 0 Å². The standard InChI is InChI=1S/C20H17FN6O/c21-16-2-1-3-17(14-16)27-13-7-18(24-27)20(28)23-19-8-12-26(25-19)11-6-15-4-9-22-10-5-15/h1-5,7-10,12-14H,6,11H2,(H,23,25,28). The van der Waals surface area contributed by atoms with Gasteiger partial charge in [-0.15, -0.1) is 0 Å². The molecule has 0 saturated heterocycles. The van der Waals surface area contributed by atoms with Crippen LogP contribution < -0.4 is 5.32 Å². The molecule has 1 N–H and O–H groups in total. The molecular weight excluding hydrogens is 359 g/mol. The smallest absolute Gasteiger partial charge is 0.277 e. The lowest BCUT2D eigenvalue weighted by Crippen LogP contribution is -2.14. The molecule has 7 nitrogen and oxygen atoms in total. The Morgan fingerprint density at radius 3 is 2.71 bits per heavy atom. The van der Waals surface area contributed by atoms with Crippen LogP contribution in [0.2, 0.25) is 0 Å². The molecule has 0 unspecified atom stereocenters. The van der Waals surface area contributed by atoms with E-state index < -0.39 is 0 Å². The fourth-order valence-corrected chi connectivity index (χ4v) is 2.73. The summed E-state index contributed by atoms with van der Waals surface area (Å²) in [5.41, 5.74) is 1.93. The number of hydrogen-bond acceptors (Lipinski definition) is 4. The Balaban J connectivity index is 1.38. The summed E-state index contributed by atoms with van der Waals surface area (Å²) < 4.78 is 16.6. The number of aromatic nitrogens is 5. The number of benzene rings is 1. The number of carbonyl (C=O) groups is 1. The molecule has 0 aliphatic carbocycles. The van der Waals surface area contributed by atoms with Crippen LogP contribution in [-0.4, -0.2) is 30.5 Å². The zero-order chi connectivity index (χ0) is 19.3. The lowest BCUT2D eigenvalue weighted by atomic mass is 10.2. The molecule has 0 aliphatic rings. The van der Waals surface area contributed by atoms with Gasteiger partial charge in [-0.25, -0.2) is 9.07 Å². The zero-order valence-electron chi connectivity index (χ0n) is 14.9. The summed E-state index contributed by atoms with van der Waals surface area (Å²) in [4.78, 5) is 16.4. The highest BCUT2D eigenvalue weighted by Gasteiger charge is 2.12. The Morgan fingerprint density at radius 2 is 1.89 bits per heavy atom. The average molecular weight is 376 g/mol. The van der Waals surface area contributed by atoms with Crippen LogP contribution in [0.25, 0.3) is 5.69 Å². The first kappa shape index (κ1) is 17.6. The highest BCUT2D eigenvalue weighted by atomic mass is 19.1. The molecule has 0 fully saturated rings. The first-order valence-corrected chi connectivity index (χ1v) is 8.73. The number of pyridine rings is 1. The van der Waals surface area contributed by atoms with Crippen molar-refractivity contribution < 1.29 is 9.18 Å². The van der Waals surface area contributed by atoms with E-state index in [-0.39, 0.29) is 17.4 Å². The van der Waals surface area contributed by atoms with Crippen molar-refractivity contribution in [2.45, 2.75) is 13.0 Å². The monoisotopic (exact) mass is 376 g/mol. The fraction of sp³-hybridized carbons (Fsp3) is 0.100. The number of nitrogens with zero attached hydrogens (tertiary/aromatic N) is 5. The average Bonchev–Trinajstić information content (AvgIpc) is 3.37. The van der Waals surface area contributed by atoms with Gasteiger partial charge in [-0.3, -0.25) is 14.5 Å². The third-order valence-electron chi connectivity index (χ3n) is 4.16. The Morgan fingerprint density at radius 1 is 1.04 bits per heavy atom. The lowest BCUT2D eigenvalue weighted by Gasteiger charge is -2.02. The summed E-state index contributed by atoms with van der Waals surface area (Å²) in [6.07, 6.45) is 7.74. The molecule has 28 heavy (non-hydrogen) atoms. The molecule has 8 heteroatoms. The Labute approximate surface area is 160 Å². The molecule has 1 amide bonds. The maximum absolute atomic E-state index is 13.3. The van der Waals surface area contributed by atoms with Crippen molar-refractivity contribution in [3.05, 3.63) is 90.4 Å².